The Morgan fingerprint density at radius 2 is 1.75 bits per heavy atom. The molecule has 0 bridgehead atoms. The van der Waals surface area contributed by atoms with Crippen molar-refractivity contribution in [3.63, 3.8) is 0 Å². The van der Waals surface area contributed by atoms with Gasteiger partial charge in [-0.3, -0.25) is 4.79 Å². The van der Waals surface area contributed by atoms with Gasteiger partial charge in [0.1, 0.15) is 0 Å². The summed E-state index contributed by atoms with van der Waals surface area (Å²) >= 11 is 5.87. The van der Waals surface area contributed by atoms with Crippen molar-refractivity contribution in [2.75, 3.05) is 5.32 Å². The van der Waals surface area contributed by atoms with Crippen LogP contribution in [0.15, 0.2) is 24.3 Å². The topological polar surface area (TPSA) is 29.1 Å². The van der Waals surface area contributed by atoms with Crippen LogP contribution in [0.25, 0.3) is 0 Å². The van der Waals surface area contributed by atoms with Crippen LogP contribution in [0.2, 0.25) is 5.02 Å². The molecule has 2 aliphatic rings. The van der Waals surface area contributed by atoms with Crippen LogP contribution in [0.5, 0.6) is 0 Å². The molecule has 1 spiro atoms. The van der Waals surface area contributed by atoms with Crippen molar-refractivity contribution in [1.82, 2.24) is 0 Å². The summed E-state index contributed by atoms with van der Waals surface area (Å²) in [5.41, 5.74) is 1.16. The fourth-order valence-electron chi connectivity index (χ4n) is 3.80. The molecule has 1 atom stereocenters. The van der Waals surface area contributed by atoms with Crippen LogP contribution in [-0.2, 0) is 4.79 Å². The number of hydrogen-bond donors (Lipinski definition) is 1. The molecule has 2 saturated carbocycles. The van der Waals surface area contributed by atoms with Crippen molar-refractivity contribution >= 4 is 23.2 Å². The van der Waals surface area contributed by atoms with E-state index in [0.717, 1.165) is 18.0 Å². The summed E-state index contributed by atoms with van der Waals surface area (Å²) in [6.07, 6.45) is 7.31. The van der Waals surface area contributed by atoms with E-state index in [1.54, 1.807) is 0 Å². The predicted molar refractivity (Wildman–Crippen MR) is 82.9 cm³/mol. The molecular formula is C17H22ClNO. The molecule has 2 fully saturated rings. The third-order valence-corrected chi connectivity index (χ3v) is 5.62. The molecule has 1 N–H and O–H groups in total. The summed E-state index contributed by atoms with van der Waals surface area (Å²) in [6, 6.07) is 7.37. The van der Waals surface area contributed by atoms with Crippen molar-refractivity contribution < 1.29 is 4.79 Å². The van der Waals surface area contributed by atoms with Gasteiger partial charge in [0.25, 0.3) is 0 Å². The average Bonchev–Trinajstić information content (AvgIpc) is 2.41. The number of rotatable bonds is 2. The lowest BCUT2D eigenvalue weighted by atomic mass is 9.52. The highest BCUT2D eigenvalue weighted by Gasteiger charge is 2.51. The highest BCUT2D eigenvalue weighted by Crippen LogP contribution is 2.56. The second-order valence-corrected chi connectivity index (χ2v) is 7.07. The average molecular weight is 292 g/mol. The zero-order valence-electron chi connectivity index (χ0n) is 12.0. The van der Waals surface area contributed by atoms with E-state index in [9.17, 15) is 4.79 Å². The zero-order valence-corrected chi connectivity index (χ0v) is 12.7. The lowest BCUT2D eigenvalue weighted by Crippen LogP contribution is -2.48. The first-order chi connectivity index (χ1) is 9.59. The number of carbonyl (C=O) groups excluding carboxylic acids is 1. The van der Waals surface area contributed by atoms with Gasteiger partial charge in [-0.25, -0.2) is 0 Å². The lowest BCUT2D eigenvalue weighted by Gasteiger charge is -2.52. The third kappa shape index (κ3) is 2.58. The number of benzene rings is 1. The highest BCUT2D eigenvalue weighted by atomic mass is 35.5. The van der Waals surface area contributed by atoms with E-state index < -0.39 is 0 Å². The number of hydrogen-bond acceptors (Lipinski definition) is 1. The summed E-state index contributed by atoms with van der Waals surface area (Å²) in [5, 5.41) is 3.75. The van der Waals surface area contributed by atoms with E-state index in [1.807, 2.05) is 24.3 Å². The molecule has 1 aromatic rings. The molecule has 0 aromatic heterocycles. The van der Waals surface area contributed by atoms with Gasteiger partial charge in [0.15, 0.2) is 0 Å². The van der Waals surface area contributed by atoms with Gasteiger partial charge < -0.3 is 5.32 Å². The van der Waals surface area contributed by atoms with Crippen LogP contribution >= 0.6 is 11.6 Å². The van der Waals surface area contributed by atoms with E-state index >= 15 is 0 Å². The summed E-state index contributed by atoms with van der Waals surface area (Å²) in [6.45, 7) is 2.33. The minimum Gasteiger partial charge on any atom is -0.326 e. The maximum atomic E-state index is 12.5. The Hall–Kier alpha value is -1.02. The second-order valence-electron chi connectivity index (χ2n) is 6.63. The quantitative estimate of drug-likeness (QED) is 0.826. The number of nitrogens with one attached hydrogen (secondary N) is 1. The van der Waals surface area contributed by atoms with Gasteiger partial charge in [-0.2, -0.15) is 0 Å². The van der Waals surface area contributed by atoms with Gasteiger partial charge in [0, 0.05) is 16.6 Å². The molecule has 1 aromatic carbocycles. The standard InChI is InChI=1S/C17H22ClNO/c1-12-6-9-17(10-7-12)11-8-15(17)16(20)19-14-4-2-13(18)3-5-14/h2-5,12,15H,6-11H2,1H3,(H,19,20). The molecule has 0 saturated heterocycles. The minimum absolute atomic E-state index is 0.202. The minimum atomic E-state index is 0.202. The summed E-state index contributed by atoms with van der Waals surface area (Å²) in [5.74, 6) is 1.25. The van der Waals surface area contributed by atoms with Crippen molar-refractivity contribution in [2.45, 2.75) is 45.4 Å². The Bertz CT molecular complexity index is 488. The molecule has 0 aliphatic heterocycles. The van der Waals surface area contributed by atoms with Crippen molar-refractivity contribution in [3.8, 4) is 0 Å². The van der Waals surface area contributed by atoms with Gasteiger partial charge in [-0.05, 0) is 61.3 Å². The second kappa shape index (κ2) is 5.40. The first-order valence-corrected chi connectivity index (χ1v) is 8.03. The summed E-state index contributed by atoms with van der Waals surface area (Å²) in [7, 11) is 0. The van der Waals surface area contributed by atoms with Gasteiger partial charge in [0.2, 0.25) is 5.91 Å². The highest BCUT2D eigenvalue weighted by molar-refractivity contribution is 6.30. The molecule has 108 valence electrons. The SMILES string of the molecule is CC1CCC2(CC1)CCC2C(=O)Nc1ccc(Cl)cc1. The maximum Gasteiger partial charge on any atom is 0.228 e. The molecule has 3 heteroatoms. The van der Waals surface area contributed by atoms with Crippen LogP contribution < -0.4 is 5.32 Å². The van der Waals surface area contributed by atoms with Crippen molar-refractivity contribution in [3.05, 3.63) is 29.3 Å². The Balaban J connectivity index is 1.64. The smallest absolute Gasteiger partial charge is 0.228 e. The number of halogens is 1. The first kappa shape index (κ1) is 13.9. The maximum absolute atomic E-state index is 12.5. The molecule has 0 radical (unpaired) electrons. The van der Waals surface area contributed by atoms with Crippen LogP contribution in [0.4, 0.5) is 5.69 Å². The number of carbonyl (C=O) groups is 1. The van der Waals surface area contributed by atoms with Gasteiger partial charge >= 0.3 is 0 Å². The molecule has 2 nitrogen and oxygen atoms in total. The number of amides is 1. The van der Waals surface area contributed by atoms with E-state index in [0.29, 0.717) is 10.4 Å². The molecule has 1 amide bonds. The Kier molecular flexibility index (Phi) is 3.76. The van der Waals surface area contributed by atoms with Crippen LogP contribution in [-0.4, -0.2) is 5.91 Å². The lowest BCUT2D eigenvalue weighted by molar-refractivity contribution is -0.134. The largest absolute Gasteiger partial charge is 0.326 e. The van der Waals surface area contributed by atoms with E-state index in [1.165, 1.54) is 32.1 Å². The molecule has 3 rings (SSSR count). The molecule has 1 unspecified atom stereocenters. The molecule has 20 heavy (non-hydrogen) atoms. The van der Waals surface area contributed by atoms with E-state index in [-0.39, 0.29) is 11.8 Å². The monoisotopic (exact) mass is 291 g/mol. The Labute approximate surface area is 125 Å². The third-order valence-electron chi connectivity index (χ3n) is 5.37. The Morgan fingerprint density at radius 1 is 1.15 bits per heavy atom. The van der Waals surface area contributed by atoms with Crippen molar-refractivity contribution in [1.29, 1.82) is 0 Å². The van der Waals surface area contributed by atoms with Crippen LogP contribution in [0, 0.1) is 17.3 Å². The van der Waals surface area contributed by atoms with E-state index in [4.69, 9.17) is 11.6 Å². The molecule has 0 heterocycles. The van der Waals surface area contributed by atoms with E-state index in [2.05, 4.69) is 12.2 Å². The summed E-state index contributed by atoms with van der Waals surface area (Å²) in [4.78, 5) is 12.5. The fourth-order valence-corrected chi connectivity index (χ4v) is 3.93. The fraction of sp³-hybridized carbons (Fsp3) is 0.588. The van der Waals surface area contributed by atoms with Gasteiger partial charge in [0.05, 0.1) is 0 Å². The van der Waals surface area contributed by atoms with Gasteiger partial charge in [-0.1, -0.05) is 31.4 Å². The van der Waals surface area contributed by atoms with Crippen LogP contribution in [0.1, 0.15) is 45.4 Å². The Morgan fingerprint density at radius 3 is 2.30 bits per heavy atom. The van der Waals surface area contributed by atoms with Crippen LogP contribution in [0.3, 0.4) is 0 Å². The first-order valence-electron chi connectivity index (χ1n) is 7.65. The normalized spacial score (nSPS) is 32.7. The van der Waals surface area contributed by atoms with Gasteiger partial charge in [-0.15, -0.1) is 0 Å². The molecular weight excluding hydrogens is 270 g/mol. The molecule has 2 aliphatic carbocycles. The number of anilines is 1. The zero-order chi connectivity index (χ0) is 14.2. The van der Waals surface area contributed by atoms with Crippen molar-refractivity contribution in [2.24, 2.45) is 17.3 Å². The predicted octanol–water partition coefficient (Wildman–Crippen LogP) is 4.89. The summed E-state index contributed by atoms with van der Waals surface area (Å²) < 4.78 is 0.